The molecular weight excluding hydrogens is 217 g/mol. The van der Waals surface area contributed by atoms with E-state index in [0.717, 1.165) is 6.07 Å². The highest BCUT2D eigenvalue weighted by molar-refractivity contribution is 5.65. The van der Waals surface area contributed by atoms with Gasteiger partial charge in [0.05, 0.1) is 6.26 Å². The second-order valence-electron chi connectivity index (χ2n) is 3.72. The number of benzene rings is 1. The van der Waals surface area contributed by atoms with E-state index in [2.05, 4.69) is 0 Å². The van der Waals surface area contributed by atoms with Gasteiger partial charge in [0.1, 0.15) is 24.4 Å². The van der Waals surface area contributed by atoms with E-state index < -0.39 is 24.4 Å². The first-order valence-electron chi connectivity index (χ1n) is 5.06. The van der Waals surface area contributed by atoms with Crippen LogP contribution in [0, 0.1) is 11.6 Å². The van der Waals surface area contributed by atoms with Gasteiger partial charge in [-0.15, -0.1) is 0 Å². The van der Waals surface area contributed by atoms with Crippen LogP contribution in [0.2, 0.25) is 0 Å². The highest BCUT2D eigenvalue weighted by Crippen LogP contribution is 2.28. The summed E-state index contributed by atoms with van der Waals surface area (Å²) in [6.45, 7) is -0.546. The molecular formula is C12H11F3O. The fraction of sp³-hybridized carbons (Fsp3) is 0.333. The molecule has 1 aliphatic heterocycles. The number of halogens is 3. The van der Waals surface area contributed by atoms with Crippen molar-refractivity contribution in [3.63, 3.8) is 0 Å². The van der Waals surface area contributed by atoms with E-state index in [-0.39, 0.29) is 0 Å². The van der Waals surface area contributed by atoms with Crippen LogP contribution in [-0.4, -0.2) is 12.8 Å². The van der Waals surface area contributed by atoms with Crippen LogP contribution in [0.4, 0.5) is 13.2 Å². The van der Waals surface area contributed by atoms with Crippen LogP contribution in [0.25, 0.3) is 5.57 Å². The zero-order chi connectivity index (χ0) is 11.5. The van der Waals surface area contributed by atoms with Crippen LogP contribution in [0.1, 0.15) is 18.4 Å². The maximum absolute atomic E-state index is 13.4. The quantitative estimate of drug-likeness (QED) is 0.753. The van der Waals surface area contributed by atoms with Crippen LogP contribution >= 0.6 is 0 Å². The average molecular weight is 228 g/mol. The lowest BCUT2D eigenvalue weighted by atomic mass is 9.98. The fourth-order valence-electron chi connectivity index (χ4n) is 1.68. The Morgan fingerprint density at radius 1 is 1.31 bits per heavy atom. The number of alkyl halides is 1. The zero-order valence-electron chi connectivity index (χ0n) is 8.55. The lowest BCUT2D eigenvalue weighted by Gasteiger charge is -2.21. The summed E-state index contributed by atoms with van der Waals surface area (Å²) in [7, 11) is 0. The van der Waals surface area contributed by atoms with Gasteiger partial charge in [-0.3, -0.25) is 0 Å². The summed E-state index contributed by atoms with van der Waals surface area (Å²) in [5.74, 6) is -1.23. The third-order valence-corrected chi connectivity index (χ3v) is 2.59. The van der Waals surface area contributed by atoms with E-state index >= 15 is 0 Å². The highest BCUT2D eigenvalue weighted by atomic mass is 19.1. The Hall–Kier alpha value is -1.45. The van der Waals surface area contributed by atoms with Crippen molar-refractivity contribution in [1.82, 2.24) is 0 Å². The van der Waals surface area contributed by atoms with Crippen LogP contribution in [0.15, 0.2) is 24.5 Å². The summed E-state index contributed by atoms with van der Waals surface area (Å²) in [6.07, 6.45) is 1.98. The second kappa shape index (κ2) is 4.60. The van der Waals surface area contributed by atoms with E-state index in [1.165, 1.54) is 18.4 Å². The molecule has 0 amide bonds. The number of rotatable bonds is 2. The Kier molecular flexibility index (Phi) is 3.17. The largest absolute Gasteiger partial charge is 0.495 e. The van der Waals surface area contributed by atoms with Gasteiger partial charge in [-0.25, -0.2) is 13.2 Å². The van der Waals surface area contributed by atoms with Crippen LogP contribution in [-0.2, 0) is 4.74 Å². The molecule has 0 fully saturated rings. The lowest BCUT2D eigenvalue weighted by Crippen LogP contribution is -2.16. The van der Waals surface area contributed by atoms with E-state index in [1.54, 1.807) is 0 Å². The van der Waals surface area contributed by atoms with Gasteiger partial charge in [0, 0.05) is 11.6 Å². The molecule has 16 heavy (non-hydrogen) atoms. The van der Waals surface area contributed by atoms with Gasteiger partial charge in [0.15, 0.2) is 0 Å². The molecule has 86 valence electrons. The van der Waals surface area contributed by atoms with Crippen molar-refractivity contribution < 1.29 is 17.9 Å². The van der Waals surface area contributed by atoms with Crippen LogP contribution < -0.4 is 0 Å². The van der Waals surface area contributed by atoms with Crippen molar-refractivity contribution in [3.8, 4) is 0 Å². The molecule has 0 saturated carbocycles. The number of hydrogen-bond donors (Lipinski definition) is 0. The van der Waals surface area contributed by atoms with E-state index in [9.17, 15) is 13.2 Å². The molecule has 1 aromatic carbocycles. The van der Waals surface area contributed by atoms with Crippen molar-refractivity contribution >= 4 is 5.57 Å². The zero-order valence-corrected chi connectivity index (χ0v) is 8.55. The lowest BCUT2D eigenvalue weighted by molar-refractivity contribution is 0.100. The normalized spacial score (nSPS) is 20.2. The third-order valence-electron chi connectivity index (χ3n) is 2.59. The first-order chi connectivity index (χ1) is 7.70. The third kappa shape index (κ3) is 2.21. The molecule has 0 N–H and O–H groups in total. The van der Waals surface area contributed by atoms with Gasteiger partial charge in [-0.05, 0) is 30.5 Å². The molecule has 0 saturated heterocycles. The van der Waals surface area contributed by atoms with Gasteiger partial charge in [0.2, 0.25) is 0 Å². The van der Waals surface area contributed by atoms with Crippen LogP contribution in [0.5, 0.6) is 0 Å². The van der Waals surface area contributed by atoms with Crippen molar-refractivity contribution in [2.45, 2.75) is 18.9 Å². The Labute approximate surface area is 91.5 Å². The van der Waals surface area contributed by atoms with E-state index in [0.29, 0.717) is 24.0 Å². The topological polar surface area (TPSA) is 9.23 Å². The molecule has 1 nitrogen and oxygen atoms in total. The SMILES string of the molecule is FC[C@H]1CCC(c2ccc(F)cc2F)=CO1. The molecule has 1 heterocycles. The number of allylic oxidation sites excluding steroid dienone is 1. The summed E-state index contributed by atoms with van der Waals surface area (Å²) in [5.41, 5.74) is 0.959. The highest BCUT2D eigenvalue weighted by Gasteiger charge is 2.18. The number of hydrogen-bond acceptors (Lipinski definition) is 1. The summed E-state index contributed by atoms with van der Waals surface area (Å²) >= 11 is 0. The molecule has 1 atom stereocenters. The molecule has 0 aliphatic carbocycles. The van der Waals surface area contributed by atoms with Gasteiger partial charge in [0.25, 0.3) is 0 Å². The van der Waals surface area contributed by atoms with Gasteiger partial charge >= 0.3 is 0 Å². The first kappa shape index (κ1) is 11.0. The molecule has 4 heteroatoms. The predicted molar refractivity (Wildman–Crippen MR) is 54.4 cm³/mol. The Balaban J connectivity index is 2.22. The van der Waals surface area contributed by atoms with E-state index in [4.69, 9.17) is 4.74 Å². The molecule has 1 aromatic rings. The Bertz CT molecular complexity index is 415. The smallest absolute Gasteiger partial charge is 0.133 e. The van der Waals surface area contributed by atoms with Gasteiger partial charge in [-0.1, -0.05) is 0 Å². The maximum Gasteiger partial charge on any atom is 0.133 e. The van der Waals surface area contributed by atoms with E-state index in [1.807, 2.05) is 0 Å². The monoisotopic (exact) mass is 228 g/mol. The minimum atomic E-state index is -0.617. The fourth-order valence-corrected chi connectivity index (χ4v) is 1.68. The molecule has 0 radical (unpaired) electrons. The predicted octanol–water partition coefficient (Wildman–Crippen LogP) is 3.45. The summed E-state index contributed by atoms with van der Waals surface area (Å²) in [5, 5.41) is 0. The first-order valence-corrected chi connectivity index (χ1v) is 5.06. The minimum Gasteiger partial charge on any atom is -0.495 e. The van der Waals surface area contributed by atoms with Crippen LogP contribution in [0.3, 0.4) is 0 Å². The van der Waals surface area contributed by atoms with Gasteiger partial charge < -0.3 is 4.74 Å². The summed E-state index contributed by atoms with van der Waals surface area (Å²) in [6, 6.07) is 3.40. The average Bonchev–Trinajstić information content (AvgIpc) is 2.29. The molecule has 0 spiro atoms. The summed E-state index contributed by atoms with van der Waals surface area (Å²) in [4.78, 5) is 0. The second-order valence-corrected chi connectivity index (χ2v) is 3.72. The van der Waals surface area contributed by atoms with Crippen molar-refractivity contribution in [3.05, 3.63) is 41.7 Å². The maximum atomic E-state index is 13.4. The molecule has 0 aromatic heterocycles. The van der Waals surface area contributed by atoms with Crippen molar-refractivity contribution in [1.29, 1.82) is 0 Å². The standard InChI is InChI=1S/C12H11F3O/c13-6-10-3-1-8(7-16-10)11-4-2-9(14)5-12(11)15/h2,4-5,7,10H,1,3,6H2/t10-/m1/s1. The van der Waals surface area contributed by atoms with Crippen molar-refractivity contribution in [2.24, 2.45) is 0 Å². The Morgan fingerprint density at radius 3 is 2.69 bits per heavy atom. The molecule has 0 bridgehead atoms. The minimum absolute atomic E-state index is 0.318. The molecule has 1 aliphatic rings. The molecule has 0 unspecified atom stereocenters. The summed E-state index contributed by atoms with van der Waals surface area (Å²) < 4.78 is 43.4. The van der Waals surface area contributed by atoms with Crippen molar-refractivity contribution in [2.75, 3.05) is 6.67 Å². The Morgan fingerprint density at radius 2 is 2.12 bits per heavy atom. The number of ether oxygens (including phenoxy) is 1. The van der Waals surface area contributed by atoms with Gasteiger partial charge in [-0.2, -0.15) is 0 Å². The molecule has 2 rings (SSSR count).